The largest absolute Gasteiger partial charge is 0.353 e. The van der Waals surface area contributed by atoms with Crippen LogP contribution in [0, 0.1) is 0 Å². The molecule has 7 heteroatoms. The van der Waals surface area contributed by atoms with Crippen LogP contribution in [0.25, 0.3) is 22.6 Å². The monoisotopic (exact) mass is 397 g/mol. The van der Waals surface area contributed by atoms with Gasteiger partial charge in [0, 0.05) is 29.4 Å². The Morgan fingerprint density at radius 3 is 2.89 bits per heavy atom. The highest BCUT2D eigenvalue weighted by atomic mass is 35.5. The van der Waals surface area contributed by atoms with Gasteiger partial charge in [0.15, 0.2) is 5.65 Å². The summed E-state index contributed by atoms with van der Waals surface area (Å²) in [5, 5.41) is 3.77. The third-order valence-corrected chi connectivity index (χ3v) is 5.60. The first-order valence-corrected chi connectivity index (χ1v) is 10.1. The molecule has 1 atom stereocenters. The van der Waals surface area contributed by atoms with Gasteiger partial charge in [0.25, 0.3) is 0 Å². The normalized spacial score (nSPS) is 17.3. The highest BCUT2D eigenvalue weighted by Gasteiger charge is 2.23. The third-order valence-electron chi connectivity index (χ3n) is 5.35. The summed E-state index contributed by atoms with van der Waals surface area (Å²) in [6.45, 7) is 5.18. The number of imidazole rings is 1. The van der Waals surface area contributed by atoms with E-state index < -0.39 is 0 Å². The number of carbonyl (C=O) groups is 1. The summed E-state index contributed by atoms with van der Waals surface area (Å²) in [5.74, 6) is 0.694. The first-order valence-electron chi connectivity index (χ1n) is 9.73. The molecule has 0 spiro atoms. The molecule has 1 aromatic carbocycles. The van der Waals surface area contributed by atoms with Gasteiger partial charge in [-0.1, -0.05) is 18.5 Å². The minimum Gasteiger partial charge on any atom is -0.353 e. The Hall–Kier alpha value is -2.44. The Balaban J connectivity index is 1.56. The van der Waals surface area contributed by atoms with Gasteiger partial charge >= 0.3 is 0 Å². The molecule has 1 amide bonds. The lowest BCUT2D eigenvalue weighted by atomic mass is 10.2. The van der Waals surface area contributed by atoms with E-state index in [2.05, 4.69) is 22.1 Å². The second-order valence-electron chi connectivity index (χ2n) is 7.10. The van der Waals surface area contributed by atoms with Crippen LogP contribution < -0.4 is 5.32 Å². The molecule has 1 fully saturated rings. The van der Waals surface area contributed by atoms with Crippen molar-refractivity contribution in [3.63, 3.8) is 0 Å². The summed E-state index contributed by atoms with van der Waals surface area (Å²) in [6.07, 6.45) is 4.06. The van der Waals surface area contributed by atoms with Crippen LogP contribution in [0.3, 0.4) is 0 Å². The number of pyridine rings is 1. The topological polar surface area (TPSA) is 63.1 Å². The number of fused-ring (bicyclic) bond motifs is 1. The number of likely N-dealkylation sites (N-methyl/N-ethyl adjacent to an activating group) is 1. The van der Waals surface area contributed by atoms with Crippen molar-refractivity contribution < 1.29 is 4.79 Å². The highest BCUT2D eigenvalue weighted by molar-refractivity contribution is 6.30. The number of amides is 1. The van der Waals surface area contributed by atoms with E-state index >= 15 is 0 Å². The summed E-state index contributed by atoms with van der Waals surface area (Å²) >= 11 is 6.02. The molecule has 0 aliphatic carbocycles. The molecule has 0 bridgehead atoms. The van der Waals surface area contributed by atoms with Gasteiger partial charge in [-0.25, -0.2) is 9.97 Å². The van der Waals surface area contributed by atoms with Crippen LogP contribution in [0.1, 0.15) is 19.8 Å². The van der Waals surface area contributed by atoms with Gasteiger partial charge in [0.05, 0.1) is 0 Å². The van der Waals surface area contributed by atoms with E-state index in [1.165, 1.54) is 6.42 Å². The molecule has 1 saturated heterocycles. The second-order valence-corrected chi connectivity index (χ2v) is 7.54. The molecular weight excluding hydrogens is 374 g/mol. The minimum atomic E-state index is -0.0249. The zero-order valence-electron chi connectivity index (χ0n) is 15.9. The van der Waals surface area contributed by atoms with Gasteiger partial charge in [-0.3, -0.25) is 14.3 Å². The maximum atomic E-state index is 12.7. The van der Waals surface area contributed by atoms with E-state index in [-0.39, 0.29) is 12.5 Å². The molecule has 1 aliphatic rings. The zero-order valence-corrected chi connectivity index (χ0v) is 16.7. The van der Waals surface area contributed by atoms with Gasteiger partial charge in [0.2, 0.25) is 5.91 Å². The zero-order chi connectivity index (χ0) is 19.5. The number of hydrogen-bond acceptors (Lipinski definition) is 4. The van der Waals surface area contributed by atoms with E-state index in [0.717, 1.165) is 36.4 Å². The standard InChI is InChI=1S/C21H24ClN5O/c1-2-26-12-4-5-17(26)13-24-19(28)14-27-20(15-7-9-16(22)10-8-15)25-18-6-3-11-23-21(18)27/h3,6-11,17H,2,4-5,12-14H2,1H3,(H,24,28). The van der Waals surface area contributed by atoms with Crippen LogP contribution in [0.5, 0.6) is 0 Å². The average Bonchev–Trinajstić information content (AvgIpc) is 3.31. The van der Waals surface area contributed by atoms with E-state index in [9.17, 15) is 4.79 Å². The van der Waals surface area contributed by atoms with Crippen LogP contribution in [0.2, 0.25) is 5.02 Å². The Bertz CT molecular complexity index is 969. The van der Waals surface area contributed by atoms with Crippen molar-refractivity contribution in [2.45, 2.75) is 32.4 Å². The van der Waals surface area contributed by atoms with E-state index in [1.807, 2.05) is 41.0 Å². The highest BCUT2D eigenvalue weighted by Crippen LogP contribution is 2.25. The number of hydrogen-bond donors (Lipinski definition) is 1. The lowest BCUT2D eigenvalue weighted by Gasteiger charge is -2.23. The molecule has 0 radical (unpaired) electrons. The summed E-state index contributed by atoms with van der Waals surface area (Å²) in [6, 6.07) is 11.7. The molecule has 4 rings (SSSR count). The van der Waals surface area contributed by atoms with E-state index in [4.69, 9.17) is 16.6 Å². The second kappa shape index (κ2) is 8.29. The quantitative estimate of drug-likeness (QED) is 0.692. The molecule has 3 heterocycles. The van der Waals surface area contributed by atoms with Gasteiger partial charge < -0.3 is 5.32 Å². The van der Waals surface area contributed by atoms with Crippen LogP contribution in [0.4, 0.5) is 0 Å². The molecule has 2 aromatic heterocycles. The number of rotatable bonds is 6. The van der Waals surface area contributed by atoms with Crippen molar-refractivity contribution in [3.8, 4) is 11.4 Å². The Kier molecular flexibility index (Phi) is 5.59. The van der Waals surface area contributed by atoms with Crippen molar-refractivity contribution in [1.29, 1.82) is 0 Å². The predicted octanol–water partition coefficient (Wildman–Crippen LogP) is 3.35. The number of carbonyl (C=O) groups excluding carboxylic acids is 1. The van der Waals surface area contributed by atoms with Crippen molar-refractivity contribution in [2.75, 3.05) is 19.6 Å². The Morgan fingerprint density at radius 2 is 2.11 bits per heavy atom. The molecular formula is C21H24ClN5O. The molecule has 1 unspecified atom stereocenters. The fourth-order valence-electron chi connectivity index (χ4n) is 3.90. The molecule has 28 heavy (non-hydrogen) atoms. The summed E-state index contributed by atoms with van der Waals surface area (Å²) in [7, 11) is 0. The van der Waals surface area contributed by atoms with Crippen LogP contribution in [0.15, 0.2) is 42.6 Å². The van der Waals surface area contributed by atoms with Crippen molar-refractivity contribution in [2.24, 2.45) is 0 Å². The number of likely N-dealkylation sites (tertiary alicyclic amines) is 1. The molecule has 3 aromatic rings. The molecule has 146 valence electrons. The Labute approximate surface area is 169 Å². The maximum Gasteiger partial charge on any atom is 0.240 e. The summed E-state index contributed by atoms with van der Waals surface area (Å²) in [4.78, 5) is 24.3. The Morgan fingerprint density at radius 1 is 1.29 bits per heavy atom. The van der Waals surface area contributed by atoms with Crippen LogP contribution in [-0.4, -0.2) is 51.0 Å². The third kappa shape index (κ3) is 3.88. The lowest BCUT2D eigenvalue weighted by molar-refractivity contribution is -0.121. The first-order chi connectivity index (χ1) is 13.7. The van der Waals surface area contributed by atoms with Crippen LogP contribution >= 0.6 is 11.6 Å². The first kappa shape index (κ1) is 18.9. The number of aromatic nitrogens is 3. The number of nitrogens with zero attached hydrogens (tertiary/aromatic N) is 4. The summed E-state index contributed by atoms with van der Waals surface area (Å²) < 4.78 is 1.88. The van der Waals surface area contributed by atoms with Crippen molar-refractivity contribution >= 4 is 28.7 Å². The SMILES string of the molecule is CCN1CCCC1CNC(=O)Cn1c(-c2ccc(Cl)cc2)nc2cccnc21. The number of nitrogens with one attached hydrogen (secondary N) is 1. The number of benzene rings is 1. The van der Waals surface area contributed by atoms with E-state index in [0.29, 0.717) is 23.3 Å². The average molecular weight is 398 g/mol. The fraction of sp³-hybridized carbons (Fsp3) is 0.381. The fourth-order valence-corrected chi connectivity index (χ4v) is 4.03. The molecule has 1 N–H and O–H groups in total. The van der Waals surface area contributed by atoms with Gasteiger partial charge in [0.1, 0.15) is 17.9 Å². The van der Waals surface area contributed by atoms with Crippen molar-refractivity contribution in [3.05, 3.63) is 47.6 Å². The van der Waals surface area contributed by atoms with Crippen molar-refractivity contribution in [1.82, 2.24) is 24.8 Å². The van der Waals surface area contributed by atoms with E-state index in [1.54, 1.807) is 6.20 Å². The van der Waals surface area contributed by atoms with Crippen LogP contribution in [-0.2, 0) is 11.3 Å². The predicted molar refractivity (Wildman–Crippen MR) is 111 cm³/mol. The molecule has 1 aliphatic heterocycles. The van der Waals surface area contributed by atoms with Gasteiger partial charge in [-0.2, -0.15) is 0 Å². The maximum absolute atomic E-state index is 12.7. The molecule has 0 saturated carbocycles. The smallest absolute Gasteiger partial charge is 0.240 e. The minimum absolute atomic E-state index is 0.0249. The number of halogens is 1. The summed E-state index contributed by atoms with van der Waals surface area (Å²) in [5.41, 5.74) is 2.38. The lowest BCUT2D eigenvalue weighted by Crippen LogP contribution is -2.41. The van der Waals surface area contributed by atoms with Gasteiger partial charge in [-0.05, 0) is 62.3 Å². The van der Waals surface area contributed by atoms with Gasteiger partial charge in [-0.15, -0.1) is 0 Å². The molecule has 6 nitrogen and oxygen atoms in total.